The number of alkyl halides is 3. The van der Waals surface area contributed by atoms with Gasteiger partial charge in [0.15, 0.2) is 6.61 Å². The van der Waals surface area contributed by atoms with E-state index in [1.54, 1.807) is 12.1 Å². The van der Waals surface area contributed by atoms with Gasteiger partial charge in [0.25, 0.3) is 5.91 Å². The molecule has 1 aromatic rings. The summed E-state index contributed by atoms with van der Waals surface area (Å²) < 4.78 is 45.0. The lowest BCUT2D eigenvalue weighted by molar-refractivity contribution is -0.174. The van der Waals surface area contributed by atoms with Crippen molar-refractivity contribution in [1.29, 1.82) is 0 Å². The molecule has 0 atom stereocenters. The highest BCUT2D eigenvalue weighted by Gasteiger charge is 2.27. The van der Waals surface area contributed by atoms with E-state index in [4.69, 9.17) is 4.74 Å². The van der Waals surface area contributed by atoms with Gasteiger partial charge in [0.2, 0.25) is 5.91 Å². The Kier molecular flexibility index (Phi) is 4.86. The predicted octanol–water partition coefficient (Wildman–Crippen LogP) is 1.92. The molecule has 0 spiro atoms. The average molecular weight is 318 g/mol. The molecule has 0 bridgehead atoms. The lowest BCUT2D eigenvalue weighted by Crippen LogP contribution is -2.25. The van der Waals surface area contributed by atoms with Crippen molar-refractivity contribution in [3.8, 4) is 5.75 Å². The van der Waals surface area contributed by atoms with Gasteiger partial charge in [0.05, 0.1) is 18.7 Å². The second-order valence-corrected chi connectivity index (χ2v) is 4.51. The Bertz CT molecular complexity index is 575. The number of amides is 2. The van der Waals surface area contributed by atoms with Crippen LogP contribution in [0.25, 0.3) is 0 Å². The van der Waals surface area contributed by atoms with Crippen LogP contribution in [0.1, 0.15) is 6.42 Å². The topological polar surface area (TPSA) is 76.7 Å². The van der Waals surface area contributed by atoms with Gasteiger partial charge in [-0.05, 0) is 18.2 Å². The molecular weight excluding hydrogens is 305 g/mol. The zero-order chi connectivity index (χ0) is 16.2. The van der Waals surface area contributed by atoms with Crippen LogP contribution in [-0.4, -0.2) is 37.8 Å². The molecule has 1 aliphatic rings. The number of nitrogens with one attached hydrogen (secondary N) is 2. The van der Waals surface area contributed by atoms with Crippen molar-refractivity contribution in [1.82, 2.24) is 0 Å². The summed E-state index contributed by atoms with van der Waals surface area (Å²) in [5, 5.41) is 5.07. The zero-order valence-electron chi connectivity index (χ0n) is 11.3. The molecule has 2 N–H and O–H groups in total. The second-order valence-electron chi connectivity index (χ2n) is 4.51. The van der Waals surface area contributed by atoms with Crippen LogP contribution in [0.15, 0.2) is 18.2 Å². The SMILES string of the molecule is O=C(CCOCC(F)(F)F)Nc1ccc2c(c1)NC(=O)CO2. The van der Waals surface area contributed by atoms with E-state index in [0.717, 1.165) is 0 Å². The number of ether oxygens (including phenoxy) is 2. The summed E-state index contributed by atoms with van der Waals surface area (Å²) in [5.41, 5.74) is 0.813. The van der Waals surface area contributed by atoms with Crippen LogP contribution < -0.4 is 15.4 Å². The van der Waals surface area contributed by atoms with Gasteiger partial charge in [0.1, 0.15) is 12.4 Å². The minimum Gasteiger partial charge on any atom is -0.482 e. The van der Waals surface area contributed by atoms with Gasteiger partial charge >= 0.3 is 6.18 Å². The number of carbonyl (C=O) groups is 2. The smallest absolute Gasteiger partial charge is 0.411 e. The van der Waals surface area contributed by atoms with Crippen LogP contribution in [0.4, 0.5) is 24.5 Å². The molecule has 22 heavy (non-hydrogen) atoms. The summed E-state index contributed by atoms with van der Waals surface area (Å²) >= 11 is 0. The van der Waals surface area contributed by atoms with Gasteiger partial charge in [-0.15, -0.1) is 0 Å². The standard InChI is InChI=1S/C13H13F3N2O4/c14-13(15,16)7-21-4-3-11(19)17-8-1-2-10-9(5-8)18-12(20)6-22-10/h1-2,5H,3-4,6-7H2,(H,17,19)(H,18,20). The van der Waals surface area contributed by atoms with Crippen molar-refractivity contribution in [2.75, 3.05) is 30.5 Å². The fourth-order valence-electron chi connectivity index (χ4n) is 1.74. The van der Waals surface area contributed by atoms with Crippen molar-refractivity contribution in [2.45, 2.75) is 12.6 Å². The molecule has 2 amide bonds. The fraction of sp³-hybridized carbons (Fsp3) is 0.385. The predicted molar refractivity (Wildman–Crippen MR) is 70.7 cm³/mol. The van der Waals surface area contributed by atoms with Crippen molar-refractivity contribution in [3.63, 3.8) is 0 Å². The van der Waals surface area contributed by atoms with E-state index in [1.807, 2.05) is 0 Å². The van der Waals surface area contributed by atoms with Gasteiger partial charge < -0.3 is 20.1 Å². The summed E-state index contributed by atoms with van der Waals surface area (Å²) in [4.78, 5) is 22.8. The number of halogens is 3. The second kappa shape index (κ2) is 6.65. The van der Waals surface area contributed by atoms with Crippen molar-refractivity contribution >= 4 is 23.2 Å². The number of anilines is 2. The normalized spacial score (nSPS) is 13.9. The van der Waals surface area contributed by atoms with Gasteiger partial charge in [-0.25, -0.2) is 0 Å². The molecule has 1 aromatic carbocycles. The molecule has 9 heteroatoms. The molecule has 0 aliphatic carbocycles. The largest absolute Gasteiger partial charge is 0.482 e. The number of hydrogen-bond donors (Lipinski definition) is 2. The van der Waals surface area contributed by atoms with Crippen molar-refractivity contribution in [3.05, 3.63) is 18.2 Å². The third kappa shape index (κ3) is 4.92. The Morgan fingerprint density at radius 1 is 1.41 bits per heavy atom. The lowest BCUT2D eigenvalue weighted by Gasteiger charge is -2.18. The summed E-state index contributed by atoms with van der Waals surface area (Å²) in [6, 6.07) is 4.64. The molecule has 0 saturated heterocycles. The molecule has 120 valence electrons. The van der Waals surface area contributed by atoms with Crippen LogP contribution >= 0.6 is 0 Å². The van der Waals surface area contributed by atoms with Gasteiger partial charge in [-0.3, -0.25) is 9.59 Å². The maximum absolute atomic E-state index is 11.8. The van der Waals surface area contributed by atoms with Crippen molar-refractivity contribution in [2.24, 2.45) is 0 Å². The Labute approximate surface area is 123 Å². The van der Waals surface area contributed by atoms with E-state index in [9.17, 15) is 22.8 Å². The molecule has 0 unspecified atom stereocenters. The van der Waals surface area contributed by atoms with E-state index in [0.29, 0.717) is 17.1 Å². The first-order chi connectivity index (χ1) is 10.3. The molecule has 0 aromatic heterocycles. The van der Waals surface area contributed by atoms with E-state index in [2.05, 4.69) is 15.4 Å². The van der Waals surface area contributed by atoms with Crippen LogP contribution in [0.2, 0.25) is 0 Å². The molecule has 1 heterocycles. The number of rotatable bonds is 5. The van der Waals surface area contributed by atoms with E-state index in [-0.39, 0.29) is 25.5 Å². The zero-order valence-corrected chi connectivity index (χ0v) is 11.3. The molecule has 2 rings (SSSR count). The molecule has 0 saturated carbocycles. The van der Waals surface area contributed by atoms with Gasteiger partial charge in [0, 0.05) is 5.69 Å². The number of benzene rings is 1. The fourth-order valence-corrected chi connectivity index (χ4v) is 1.74. The lowest BCUT2D eigenvalue weighted by atomic mass is 10.2. The molecular formula is C13H13F3N2O4. The number of fused-ring (bicyclic) bond motifs is 1. The maximum atomic E-state index is 11.8. The third-order valence-electron chi connectivity index (χ3n) is 2.64. The van der Waals surface area contributed by atoms with Crippen LogP contribution in [0.5, 0.6) is 5.75 Å². The summed E-state index contributed by atoms with van der Waals surface area (Å²) in [6.07, 6.45) is -4.62. The van der Waals surface area contributed by atoms with Crippen LogP contribution in [0.3, 0.4) is 0 Å². The van der Waals surface area contributed by atoms with Gasteiger partial charge in [-0.2, -0.15) is 13.2 Å². The maximum Gasteiger partial charge on any atom is 0.411 e. The van der Waals surface area contributed by atoms with E-state index < -0.39 is 18.7 Å². The summed E-state index contributed by atoms with van der Waals surface area (Å²) in [6.45, 7) is -1.80. The Morgan fingerprint density at radius 3 is 2.91 bits per heavy atom. The number of hydrogen-bond acceptors (Lipinski definition) is 4. The van der Waals surface area contributed by atoms with Gasteiger partial charge in [-0.1, -0.05) is 0 Å². The quantitative estimate of drug-likeness (QED) is 0.813. The molecule has 6 nitrogen and oxygen atoms in total. The van der Waals surface area contributed by atoms with Crippen LogP contribution in [-0.2, 0) is 14.3 Å². The Hall–Kier alpha value is -2.29. The summed E-state index contributed by atoms with van der Waals surface area (Å²) in [5.74, 6) is -0.326. The minimum atomic E-state index is -4.41. The highest BCUT2D eigenvalue weighted by molar-refractivity contribution is 5.97. The highest BCUT2D eigenvalue weighted by Crippen LogP contribution is 2.30. The first kappa shape index (κ1) is 16.1. The van der Waals surface area contributed by atoms with E-state index >= 15 is 0 Å². The van der Waals surface area contributed by atoms with Crippen molar-refractivity contribution < 1.29 is 32.2 Å². The molecule has 0 radical (unpaired) electrons. The first-order valence-corrected chi connectivity index (χ1v) is 6.34. The highest BCUT2D eigenvalue weighted by atomic mass is 19.4. The molecule has 1 aliphatic heterocycles. The average Bonchev–Trinajstić information content (AvgIpc) is 2.42. The molecule has 0 fully saturated rings. The van der Waals surface area contributed by atoms with E-state index in [1.165, 1.54) is 6.07 Å². The van der Waals surface area contributed by atoms with Crippen LogP contribution in [0, 0.1) is 0 Å². The number of carbonyl (C=O) groups excluding carboxylic acids is 2. The summed E-state index contributed by atoms with van der Waals surface area (Å²) in [7, 11) is 0. The Balaban J connectivity index is 1.82. The third-order valence-corrected chi connectivity index (χ3v) is 2.64. The Morgan fingerprint density at radius 2 is 2.18 bits per heavy atom. The minimum absolute atomic E-state index is 0.0742. The first-order valence-electron chi connectivity index (χ1n) is 6.34. The monoisotopic (exact) mass is 318 g/mol.